The summed E-state index contributed by atoms with van der Waals surface area (Å²) < 4.78 is 12.7. The second kappa shape index (κ2) is 6.38. The summed E-state index contributed by atoms with van der Waals surface area (Å²) >= 11 is 2.39. The van der Waals surface area contributed by atoms with Crippen molar-refractivity contribution in [2.75, 3.05) is 17.5 Å². The number of hydrogen-bond acceptors (Lipinski definition) is 3. The van der Waals surface area contributed by atoms with Crippen LogP contribution in [0.1, 0.15) is 52.9 Å². The molecule has 1 atom stereocenters. The average molecular weight is 395 g/mol. The van der Waals surface area contributed by atoms with Gasteiger partial charge in [-0.2, -0.15) is 0 Å². The van der Waals surface area contributed by atoms with E-state index in [-0.39, 0.29) is 11.7 Å². The normalized spacial score (nSPS) is 28.1. The number of alkyl halides is 1. The molecule has 2 fully saturated rings. The molecule has 0 aromatic heterocycles. The topological polar surface area (TPSA) is 38.8 Å². The predicted octanol–water partition coefficient (Wildman–Crippen LogP) is 3.76. The molecule has 20 heavy (non-hydrogen) atoms. The number of hydrogen-bond donors (Lipinski definition) is 0. The molecule has 0 aromatic rings. The minimum atomic E-state index is -0.434. The van der Waals surface area contributed by atoms with Crippen molar-refractivity contribution < 1.29 is 14.3 Å². The van der Waals surface area contributed by atoms with E-state index in [1.165, 1.54) is 19.3 Å². The highest BCUT2D eigenvalue weighted by molar-refractivity contribution is 14.1. The van der Waals surface area contributed by atoms with Gasteiger partial charge in [-0.25, -0.2) is 4.79 Å². The first-order valence-electron chi connectivity index (χ1n) is 7.55. The fraction of sp³-hybridized carbons (Fsp3) is 0.933. The Balaban J connectivity index is 1.96. The number of likely N-dealkylation sites (tertiary alicyclic amines) is 1. The molecule has 0 spiro atoms. The van der Waals surface area contributed by atoms with E-state index >= 15 is 0 Å². The Labute approximate surface area is 135 Å². The van der Waals surface area contributed by atoms with E-state index in [1.807, 2.05) is 25.7 Å². The van der Waals surface area contributed by atoms with Crippen molar-refractivity contribution in [2.24, 2.45) is 0 Å². The Morgan fingerprint density at radius 1 is 1.35 bits per heavy atom. The van der Waals surface area contributed by atoms with Crippen molar-refractivity contribution in [1.29, 1.82) is 0 Å². The molecule has 1 heterocycles. The molecule has 2 aliphatic rings. The van der Waals surface area contributed by atoms with Gasteiger partial charge in [0, 0.05) is 11.0 Å². The van der Waals surface area contributed by atoms with Gasteiger partial charge in [0.15, 0.2) is 0 Å². The number of halogens is 1. The number of rotatable bonds is 3. The third kappa shape index (κ3) is 4.23. The van der Waals surface area contributed by atoms with Gasteiger partial charge >= 0.3 is 6.09 Å². The molecule has 0 bridgehead atoms. The quantitative estimate of drug-likeness (QED) is 0.540. The molecule has 0 radical (unpaired) electrons. The zero-order valence-corrected chi connectivity index (χ0v) is 14.9. The summed E-state index contributed by atoms with van der Waals surface area (Å²) in [5.74, 6) is 0. The highest BCUT2D eigenvalue weighted by atomic mass is 127. The van der Waals surface area contributed by atoms with Gasteiger partial charge in [0.05, 0.1) is 18.2 Å². The Bertz CT molecular complexity index is 352. The van der Waals surface area contributed by atoms with Crippen LogP contribution in [0.3, 0.4) is 0 Å². The fourth-order valence-electron chi connectivity index (χ4n) is 2.66. The highest BCUT2D eigenvalue weighted by Crippen LogP contribution is 2.34. The molecule has 1 saturated carbocycles. The molecule has 1 amide bonds. The van der Waals surface area contributed by atoms with Gasteiger partial charge in [-0.15, -0.1) is 0 Å². The standard InChI is InChI=1S/C15H26INO3/c1-14(2,3)20-13(18)17-9-5-8-15(10-16,11-17)19-12-6-4-7-12/h12H,4-11H2,1-3H3. The van der Waals surface area contributed by atoms with Crippen LogP contribution in [0.5, 0.6) is 0 Å². The fourth-order valence-corrected chi connectivity index (χ4v) is 3.46. The number of amides is 1. The second-order valence-corrected chi connectivity index (χ2v) is 7.76. The number of piperidine rings is 1. The van der Waals surface area contributed by atoms with Crippen molar-refractivity contribution in [3.63, 3.8) is 0 Å². The highest BCUT2D eigenvalue weighted by Gasteiger charge is 2.41. The molecule has 1 aliphatic heterocycles. The van der Waals surface area contributed by atoms with Crippen molar-refractivity contribution >= 4 is 28.7 Å². The first-order valence-corrected chi connectivity index (χ1v) is 9.08. The van der Waals surface area contributed by atoms with Gasteiger partial charge < -0.3 is 14.4 Å². The molecular weight excluding hydrogens is 369 g/mol. The lowest BCUT2D eigenvalue weighted by molar-refractivity contribution is -0.134. The van der Waals surface area contributed by atoms with Gasteiger partial charge in [0.2, 0.25) is 0 Å². The van der Waals surface area contributed by atoms with Gasteiger partial charge in [0.25, 0.3) is 0 Å². The second-order valence-electron chi connectivity index (χ2n) is 6.99. The van der Waals surface area contributed by atoms with Crippen LogP contribution in [0.15, 0.2) is 0 Å². The molecule has 2 rings (SSSR count). The summed E-state index contributed by atoms with van der Waals surface area (Å²) in [6.45, 7) is 7.17. The Morgan fingerprint density at radius 3 is 2.55 bits per heavy atom. The first-order chi connectivity index (χ1) is 9.34. The van der Waals surface area contributed by atoms with Gasteiger partial charge in [0.1, 0.15) is 5.60 Å². The Kier molecular flexibility index (Phi) is 5.21. The van der Waals surface area contributed by atoms with Crippen LogP contribution in [0.4, 0.5) is 4.79 Å². The van der Waals surface area contributed by atoms with Gasteiger partial charge in [-0.05, 0) is 52.9 Å². The predicted molar refractivity (Wildman–Crippen MR) is 87.4 cm³/mol. The van der Waals surface area contributed by atoms with E-state index < -0.39 is 5.60 Å². The summed E-state index contributed by atoms with van der Waals surface area (Å²) in [5, 5.41) is 0. The van der Waals surface area contributed by atoms with Gasteiger partial charge in [-0.3, -0.25) is 0 Å². The summed E-state index contributed by atoms with van der Waals surface area (Å²) in [6, 6.07) is 0. The van der Waals surface area contributed by atoms with Crippen molar-refractivity contribution in [3.05, 3.63) is 0 Å². The lowest BCUT2D eigenvalue weighted by Crippen LogP contribution is -2.55. The van der Waals surface area contributed by atoms with Crippen molar-refractivity contribution in [1.82, 2.24) is 4.90 Å². The van der Waals surface area contributed by atoms with E-state index in [2.05, 4.69) is 22.6 Å². The third-order valence-corrected chi connectivity index (χ3v) is 5.29. The Morgan fingerprint density at radius 2 is 2.05 bits per heavy atom. The number of ether oxygens (including phenoxy) is 2. The molecular formula is C15H26INO3. The number of carbonyl (C=O) groups is 1. The van der Waals surface area contributed by atoms with Crippen LogP contribution in [0, 0.1) is 0 Å². The summed E-state index contributed by atoms with van der Waals surface area (Å²) in [5.41, 5.74) is -0.600. The molecule has 5 heteroatoms. The van der Waals surface area contributed by atoms with Crippen molar-refractivity contribution in [2.45, 2.75) is 70.2 Å². The molecule has 4 nitrogen and oxygen atoms in total. The molecule has 1 aliphatic carbocycles. The minimum absolute atomic E-state index is 0.166. The monoisotopic (exact) mass is 395 g/mol. The van der Waals surface area contributed by atoms with E-state index in [1.54, 1.807) is 0 Å². The van der Waals surface area contributed by atoms with Crippen molar-refractivity contribution in [3.8, 4) is 0 Å². The van der Waals surface area contributed by atoms with Crippen LogP contribution in [0.25, 0.3) is 0 Å². The summed E-state index contributed by atoms with van der Waals surface area (Å²) in [4.78, 5) is 14.1. The molecule has 0 aromatic carbocycles. The van der Waals surface area contributed by atoms with Crippen LogP contribution in [-0.4, -0.2) is 45.8 Å². The third-order valence-electron chi connectivity index (χ3n) is 3.90. The number of nitrogens with zero attached hydrogens (tertiary/aromatic N) is 1. The Hall–Kier alpha value is -0.0400. The van der Waals surface area contributed by atoms with E-state index in [0.29, 0.717) is 12.6 Å². The van der Waals surface area contributed by atoms with Crippen LogP contribution >= 0.6 is 22.6 Å². The maximum atomic E-state index is 12.2. The maximum Gasteiger partial charge on any atom is 0.410 e. The minimum Gasteiger partial charge on any atom is -0.444 e. The maximum absolute atomic E-state index is 12.2. The molecule has 1 saturated heterocycles. The zero-order valence-electron chi connectivity index (χ0n) is 12.8. The smallest absolute Gasteiger partial charge is 0.410 e. The van der Waals surface area contributed by atoms with E-state index in [9.17, 15) is 4.79 Å². The van der Waals surface area contributed by atoms with Crippen LogP contribution in [-0.2, 0) is 9.47 Å². The van der Waals surface area contributed by atoms with Crippen LogP contribution in [0.2, 0.25) is 0 Å². The summed E-state index contributed by atoms with van der Waals surface area (Å²) in [7, 11) is 0. The lowest BCUT2D eigenvalue weighted by atomic mass is 9.91. The molecule has 116 valence electrons. The van der Waals surface area contributed by atoms with E-state index in [4.69, 9.17) is 9.47 Å². The molecule has 0 N–H and O–H groups in total. The molecule has 1 unspecified atom stereocenters. The number of carbonyl (C=O) groups excluding carboxylic acids is 1. The largest absolute Gasteiger partial charge is 0.444 e. The van der Waals surface area contributed by atoms with Gasteiger partial charge in [-0.1, -0.05) is 22.6 Å². The SMILES string of the molecule is CC(C)(C)OC(=O)N1CCCC(CI)(OC2CCC2)C1. The average Bonchev–Trinajstić information content (AvgIpc) is 2.32. The van der Waals surface area contributed by atoms with Crippen LogP contribution < -0.4 is 0 Å². The zero-order chi connectivity index (χ0) is 14.8. The summed E-state index contributed by atoms with van der Waals surface area (Å²) in [6.07, 6.45) is 5.86. The lowest BCUT2D eigenvalue weighted by Gasteiger charge is -2.45. The first kappa shape index (κ1) is 16.3. The van der Waals surface area contributed by atoms with E-state index in [0.717, 1.165) is 23.8 Å².